The van der Waals surface area contributed by atoms with Crippen molar-refractivity contribution in [2.45, 2.75) is 19.4 Å². The minimum atomic E-state index is 0.260. The van der Waals surface area contributed by atoms with Crippen molar-refractivity contribution in [2.24, 2.45) is 0 Å². The van der Waals surface area contributed by atoms with E-state index in [4.69, 9.17) is 5.73 Å². The Morgan fingerprint density at radius 1 is 1.50 bits per heavy atom. The second kappa shape index (κ2) is 4.31. The largest absolute Gasteiger partial charge is 0.399 e. The van der Waals surface area contributed by atoms with Crippen molar-refractivity contribution in [3.63, 3.8) is 0 Å². The Balaban J connectivity index is 2.05. The Hall–Kier alpha value is -1.49. The molecule has 0 spiro atoms. The normalized spacial score (nSPS) is 18.2. The van der Waals surface area contributed by atoms with E-state index in [9.17, 15) is 0 Å². The van der Waals surface area contributed by atoms with Crippen molar-refractivity contribution in [1.29, 1.82) is 0 Å². The number of fused-ring (bicyclic) bond motifs is 1. The van der Waals surface area contributed by atoms with Crippen LogP contribution in [-0.4, -0.2) is 16.3 Å². The number of rotatable bonds is 1. The molecule has 1 unspecified atom stereocenters. The van der Waals surface area contributed by atoms with Crippen LogP contribution in [-0.2, 0) is 0 Å². The molecule has 0 amide bonds. The summed E-state index contributed by atoms with van der Waals surface area (Å²) >= 11 is 3.51. The van der Waals surface area contributed by atoms with Crippen molar-refractivity contribution in [1.82, 2.24) is 9.78 Å². The average molecular weight is 307 g/mol. The van der Waals surface area contributed by atoms with Crippen molar-refractivity contribution < 1.29 is 0 Å². The Morgan fingerprint density at radius 3 is 3.11 bits per heavy atom. The van der Waals surface area contributed by atoms with Gasteiger partial charge in [0.05, 0.1) is 16.7 Å². The van der Waals surface area contributed by atoms with Gasteiger partial charge in [-0.15, -0.1) is 0 Å². The molecule has 3 rings (SSSR count). The minimum Gasteiger partial charge on any atom is -0.399 e. The van der Waals surface area contributed by atoms with Gasteiger partial charge in [0.25, 0.3) is 0 Å². The zero-order chi connectivity index (χ0) is 12.7. The Labute approximate surface area is 114 Å². The molecular weight excluding hydrogens is 292 g/mol. The molecule has 1 aromatic carbocycles. The first-order valence-corrected chi connectivity index (χ1v) is 6.79. The monoisotopic (exact) mass is 306 g/mol. The summed E-state index contributed by atoms with van der Waals surface area (Å²) in [6, 6.07) is 6.53. The number of nitrogen functional groups attached to an aromatic ring is 1. The number of nitrogens with zero attached hydrogens (tertiary/aromatic N) is 2. The van der Waals surface area contributed by atoms with Crippen molar-refractivity contribution in [3.05, 3.63) is 40.0 Å². The van der Waals surface area contributed by atoms with Crippen LogP contribution in [0.15, 0.2) is 28.9 Å². The molecule has 4 nitrogen and oxygen atoms in total. The maximum absolute atomic E-state index is 6.00. The molecule has 18 heavy (non-hydrogen) atoms. The molecule has 2 aromatic rings. The van der Waals surface area contributed by atoms with E-state index in [-0.39, 0.29) is 6.04 Å². The molecule has 0 fully saturated rings. The van der Waals surface area contributed by atoms with Gasteiger partial charge >= 0.3 is 0 Å². The lowest BCUT2D eigenvalue weighted by molar-refractivity contribution is 0.482. The first-order valence-electron chi connectivity index (χ1n) is 5.99. The van der Waals surface area contributed by atoms with E-state index in [2.05, 4.69) is 44.5 Å². The summed E-state index contributed by atoms with van der Waals surface area (Å²) in [6.07, 6.45) is 2.85. The SMILES string of the molecule is Cc1ccc(C2CCNc3c(Br)cnn32)cc1N. The summed E-state index contributed by atoms with van der Waals surface area (Å²) in [5, 5.41) is 7.79. The highest BCUT2D eigenvalue weighted by Gasteiger charge is 2.23. The van der Waals surface area contributed by atoms with Crippen LogP contribution in [0, 0.1) is 6.92 Å². The van der Waals surface area contributed by atoms with E-state index in [1.807, 2.05) is 17.8 Å². The van der Waals surface area contributed by atoms with Gasteiger partial charge in [0.15, 0.2) is 0 Å². The number of aromatic nitrogens is 2. The van der Waals surface area contributed by atoms with Crippen LogP contribution in [0.25, 0.3) is 0 Å². The van der Waals surface area contributed by atoms with Crippen molar-refractivity contribution in [3.8, 4) is 0 Å². The van der Waals surface area contributed by atoms with Gasteiger partial charge in [0.1, 0.15) is 5.82 Å². The molecule has 1 aliphatic rings. The molecule has 1 atom stereocenters. The lowest BCUT2D eigenvalue weighted by atomic mass is 10.00. The molecule has 0 radical (unpaired) electrons. The van der Waals surface area contributed by atoms with Crippen LogP contribution >= 0.6 is 15.9 Å². The van der Waals surface area contributed by atoms with Crippen LogP contribution < -0.4 is 11.1 Å². The summed E-state index contributed by atoms with van der Waals surface area (Å²) < 4.78 is 3.03. The van der Waals surface area contributed by atoms with Gasteiger partial charge < -0.3 is 11.1 Å². The van der Waals surface area contributed by atoms with E-state index in [1.54, 1.807) is 0 Å². The summed E-state index contributed by atoms with van der Waals surface area (Å²) in [5.74, 6) is 1.05. The van der Waals surface area contributed by atoms with Gasteiger partial charge in [0, 0.05) is 12.2 Å². The van der Waals surface area contributed by atoms with Crippen LogP contribution in [0.5, 0.6) is 0 Å². The Kier molecular flexibility index (Phi) is 2.78. The van der Waals surface area contributed by atoms with Gasteiger partial charge in [-0.05, 0) is 46.5 Å². The van der Waals surface area contributed by atoms with Gasteiger partial charge in [-0.2, -0.15) is 5.10 Å². The van der Waals surface area contributed by atoms with Crippen LogP contribution in [0.1, 0.15) is 23.6 Å². The van der Waals surface area contributed by atoms with Crippen LogP contribution in [0.2, 0.25) is 0 Å². The molecule has 1 aliphatic heterocycles. The van der Waals surface area contributed by atoms with E-state index in [0.717, 1.165) is 34.5 Å². The third kappa shape index (κ3) is 1.79. The number of benzene rings is 1. The Morgan fingerprint density at radius 2 is 2.33 bits per heavy atom. The number of halogens is 1. The second-order valence-electron chi connectivity index (χ2n) is 4.63. The number of hydrogen-bond acceptors (Lipinski definition) is 3. The zero-order valence-electron chi connectivity index (χ0n) is 10.2. The predicted molar refractivity (Wildman–Crippen MR) is 76.8 cm³/mol. The molecule has 2 heterocycles. The maximum Gasteiger partial charge on any atom is 0.139 e. The number of nitrogens with one attached hydrogen (secondary N) is 1. The average Bonchev–Trinajstić information content (AvgIpc) is 2.75. The predicted octanol–water partition coefficient (Wildman–Crippen LogP) is 2.94. The highest BCUT2D eigenvalue weighted by molar-refractivity contribution is 9.10. The Bertz CT molecular complexity index is 591. The fourth-order valence-corrected chi connectivity index (χ4v) is 2.78. The van der Waals surface area contributed by atoms with E-state index >= 15 is 0 Å². The molecule has 94 valence electrons. The lowest BCUT2D eigenvalue weighted by Crippen LogP contribution is -2.24. The number of anilines is 2. The van der Waals surface area contributed by atoms with E-state index in [0.29, 0.717) is 0 Å². The highest BCUT2D eigenvalue weighted by Crippen LogP contribution is 2.34. The fraction of sp³-hybridized carbons (Fsp3) is 0.308. The van der Waals surface area contributed by atoms with Gasteiger partial charge in [0.2, 0.25) is 0 Å². The van der Waals surface area contributed by atoms with Gasteiger partial charge in [-0.25, -0.2) is 4.68 Å². The number of nitrogens with two attached hydrogens (primary N) is 1. The summed E-state index contributed by atoms with van der Waals surface area (Å²) in [4.78, 5) is 0. The first kappa shape index (κ1) is 11.6. The molecule has 0 saturated carbocycles. The zero-order valence-corrected chi connectivity index (χ0v) is 11.7. The summed E-state index contributed by atoms with van der Waals surface area (Å²) in [5.41, 5.74) is 9.18. The standard InChI is InChI=1S/C13H15BrN4/c1-8-2-3-9(6-11(8)15)12-4-5-16-13-10(14)7-17-18(12)13/h2-3,6-7,12,16H,4-5,15H2,1H3. The maximum atomic E-state index is 6.00. The smallest absolute Gasteiger partial charge is 0.139 e. The molecular formula is C13H15BrN4. The topological polar surface area (TPSA) is 55.9 Å². The van der Waals surface area contributed by atoms with E-state index in [1.165, 1.54) is 5.56 Å². The first-order chi connectivity index (χ1) is 8.66. The number of hydrogen-bond donors (Lipinski definition) is 2. The van der Waals surface area contributed by atoms with Crippen LogP contribution in [0.4, 0.5) is 11.5 Å². The summed E-state index contributed by atoms with van der Waals surface area (Å²) in [7, 11) is 0. The minimum absolute atomic E-state index is 0.260. The summed E-state index contributed by atoms with van der Waals surface area (Å²) in [6.45, 7) is 2.97. The molecule has 5 heteroatoms. The molecule has 0 aliphatic carbocycles. The second-order valence-corrected chi connectivity index (χ2v) is 5.49. The fourth-order valence-electron chi connectivity index (χ4n) is 2.37. The lowest BCUT2D eigenvalue weighted by Gasteiger charge is -2.26. The quantitative estimate of drug-likeness (QED) is 0.797. The molecule has 0 saturated heterocycles. The molecule has 1 aromatic heterocycles. The van der Waals surface area contributed by atoms with Crippen molar-refractivity contribution in [2.75, 3.05) is 17.6 Å². The third-order valence-corrected chi connectivity index (χ3v) is 4.02. The van der Waals surface area contributed by atoms with Crippen molar-refractivity contribution >= 4 is 27.4 Å². The third-order valence-electron chi connectivity index (χ3n) is 3.44. The number of aryl methyl sites for hydroxylation is 1. The van der Waals surface area contributed by atoms with Gasteiger partial charge in [-0.1, -0.05) is 12.1 Å². The van der Waals surface area contributed by atoms with Crippen LogP contribution in [0.3, 0.4) is 0 Å². The highest BCUT2D eigenvalue weighted by atomic mass is 79.9. The van der Waals surface area contributed by atoms with Gasteiger partial charge in [-0.3, -0.25) is 0 Å². The van der Waals surface area contributed by atoms with E-state index < -0.39 is 0 Å². The molecule has 3 N–H and O–H groups in total. The molecule has 0 bridgehead atoms.